The highest BCUT2D eigenvalue weighted by atomic mass is 19.1. The molecule has 182 valence electrons. The van der Waals surface area contributed by atoms with Crippen LogP contribution >= 0.6 is 0 Å². The molecule has 1 N–H and O–H groups in total. The van der Waals surface area contributed by atoms with Crippen LogP contribution in [0, 0.1) is 15.9 Å². The van der Waals surface area contributed by atoms with E-state index in [1.165, 1.54) is 24.3 Å². The van der Waals surface area contributed by atoms with Crippen LogP contribution in [0.1, 0.15) is 35.4 Å². The summed E-state index contributed by atoms with van der Waals surface area (Å²) in [6.45, 7) is 2.79. The number of fused-ring (bicyclic) bond motifs is 1. The van der Waals surface area contributed by atoms with Crippen molar-refractivity contribution in [3.8, 4) is 11.4 Å². The maximum Gasteiger partial charge on any atom is 0.293 e. The minimum Gasteiger partial charge on any atom is -0.378 e. The number of nitrogens with one attached hydrogen (secondary N) is 1. The molecule has 10 nitrogen and oxygen atoms in total. The number of aromatic nitrogens is 3. The highest BCUT2D eigenvalue weighted by Crippen LogP contribution is 2.31. The van der Waals surface area contributed by atoms with Gasteiger partial charge in [-0.25, -0.2) is 4.39 Å². The van der Waals surface area contributed by atoms with Gasteiger partial charge in [0, 0.05) is 43.2 Å². The summed E-state index contributed by atoms with van der Waals surface area (Å²) in [4.78, 5) is 26.0. The number of amides is 1. The summed E-state index contributed by atoms with van der Waals surface area (Å²) in [7, 11) is 0. The normalized spacial score (nSPS) is 15.9. The van der Waals surface area contributed by atoms with Crippen molar-refractivity contribution in [3.05, 3.63) is 63.7 Å². The number of nitro groups is 1. The summed E-state index contributed by atoms with van der Waals surface area (Å²) in [5.41, 5.74) is 0.916. The Balaban J connectivity index is 1.41. The fraction of sp³-hybridized carbons (Fsp3) is 0.375. The van der Waals surface area contributed by atoms with E-state index < -0.39 is 16.6 Å². The van der Waals surface area contributed by atoms with Crippen LogP contribution < -0.4 is 10.2 Å². The molecule has 1 fully saturated rings. The van der Waals surface area contributed by atoms with Gasteiger partial charge in [-0.2, -0.15) is 0 Å². The number of nitro benzene ring substituents is 1. The number of ether oxygens (including phenoxy) is 1. The molecule has 0 atom stereocenters. The van der Waals surface area contributed by atoms with Gasteiger partial charge in [-0.05, 0) is 43.2 Å². The number of hydrogen-bond acceptors (Lipinski definition) is 7. The van der Waals surface area contributed by atoms with Gasteiger partial charge in [-0.3, -0.25) is 14.9 Å². The van der Waals surface area contributed by atoms with Gasteiger partial charge in [-0.1, -0.05) is 6.42 Å². The van der Waals surface area contributed by atoms with Gasteiger partial charge < -0.3 is 19.5 Å². The number of halogens is 1. The third kappa shape index (κ3) is 4.72. The second kappa shape index (κ2) is 9.79. The number of carbonyl (C=O) groups excluding carboxylic acids is 1. The molecule has 35 heavy (non-hydrogen) atoms. The summed E-state index contributed by atoms with van der Waals surface area (Å²) >= 11 is 0. The van der Waals surface area contributed by atoms with E-state index in [0.717, 1.165) is 38.1 Å². The van der Waals surface area contributed by atoms with E-state index in [9.17, 15) is 19.3 Å². The van der Waals surface area contributed by atoms with Crippen molar-refractivity contribution in [2.45, 2.75) is 32.2 Å². The van der Waals surface area contributed by atoms with Crippen LogP contribution in [0.5, 0.6) is 0 Å². The second-order valence-corrected chi connectivity index (χ2v) is 8.61. The SMILES string of the molecule is O=C(Nc1cc(-c2nnc3n2CCCCC3)ccc1F)c1ccc(N2CCOCC2)c([N+](=O)[O-])c1. The molecule has 0 spiro atoms. The lowest BCUT2D eigenvalue weighted by molar-refractivity contribution is -0.384. The average Bonchev–Trinajstić information content (AvgIpc) is 3.13. The largest absolute Gasteiger partial charge is 0.378 e. The fourth-order valence-corrected chi connectivity index (χ4v) is 4.54. The van der Waals surface area contributed by atoms with Gasteiger partial charge in [0.1, 0.15) is 17.3 Å². The smallest absolute Gasteiger partial charge is 0.293 e. The molecule has 1 saturated heterocycles. The molecule has 3 heterocycles. The van der Waals surface area contributed by atoms with Crippen LogP contribution in [0.15, 0.2) is 36.4 Å². The molecule has 0 radical (unpaired) electrons. The van der Waals surface area contributed by atoms with Crippen molar-refractivity contribution in [3.63, 3.8) is 0 Å². The topological polar surface area (TPSA) is 115 Å². The molecular weight excluding hydrogens is 455 g/mol. The molecule has 11 heteroatoms. The van der Waals surface area contributed by atoms with Crippen LogP contribution in [-0.2, 0) is 17.7 Å². The standard InChI is InChI=1S/C24H25FN6O4/c25-18-7-5-16(23-28-27-22-4-2-1-3-9-30(22)23)14-19(18)26-24(32)17-6-8-20(21(15-17)31(33)34)29-10-12-35-13-11-29/h5-8,14-15H,1-4,9-13H2,(H,26,32). The Hall–Kier alpha value is -3.86. The summed E-state index contributed by atoms with van der Waals surface area (Å²) in [6.07, 6.45) is 4.03. The lowest BCUT2D eigenvalue weighted by atomic mass is 10.1. The summed E-state index contributed by atoms with van der Waals surface area (Å²) in [5, 5.41) is 22.8. The molecule has 2 aliphatic rings. The Kier molecular flexibility index (Phi) is 6.41. The Bertz CT molecular complexity index is 1270. The minimum absolute atomic E-state index is 0.0293. The third-order valence-corrected chi connectivity index (χ3v) is 6.37. The average molecular weight is 481 g/mol. The Morgan fingerprint density at radius 1 is 1.06 bits per heavy atom. The van der Waals surface area contributed by atoms with Gasteiger partial charge >= 0.3 is 0 Å². The number of anilines is 2. The zero-order valence-corrected chi connectivity index (χ0v) is 19.1. The van der Waals surface area contributed by atoms with E-state index in [2.05, 4.69) is 15.5 Å². The minimum atomic E-state index is -0.641. The number of aryl methyl sites for hydroxylation is 1. The van der Waals surface area contributed by atoms with Gasteiger partial charge in [0.05, 0.1) is 23.8 Å². The molecule has 0 saturated carbocycles. The van der Waals surface area contributed by atoms with Crippen molar-refractivity contribution in [2.24, 2.45) is 0 Å². The van der Waals surface area contributed by atoms with Crippen LogP contribution in [0.4, 0.5) is 21.5 Å². The first kappa shape index (κ1) is 22.9. The lowest BCUT2D eigenvalue weighted by Crippen LogP contribution is -2.36. The Morgan fingerprint density at radius 3 is 2.69 bits per heavy atom. The van der Waals surface area contributed by atoms with E-state index in [0.29, 0.717) is 43.4 Å². The maximum absolute atomic E-state index is 14.6. The molecule has 0 unspecified atom stereocenters. The number of morpholine rings is 1. The van der Waals surface area contributed by atoms with Crippen molar-refractivity contribution >= 4 is 23.0 Å². The van der Waals surface area contributed by atoms with E-state index in [-0.39, 0.29) is 16.9 Å². The van der Waals surface area contributed by atoms with Crippen LogP contribution in [0.25, 0.3) is 11.4 Å². The molecular formula is C24H25FN6O4. The molecule has 5 rings (SSSR count). The number of rotatable bonds is 5. The second-order valence-electron chi connectivity index (χ2n) is 8.61. The Morgan fingerprint density at radius 2 is 1.89 bits per heavy atom. The van der Waals surface area contributed by atoms with Crippen molar-refractivity contribution in [2.75, 3.05) is 36.5 Å². The van der Waals surface area contributed by atoms with Gasteiger partial charge in [0.2, 0.25) is 0 Å². The summed E-state index contributed by atoms with van der Waals surface area (Å²) in [6, 6.07) is 8.68. The molecule has 2 aliphatic heterocycles. The maximum atomic E-state index is 14.6. The molecule has 2 aromatic carbocycles. The summed E-state index contributed by atoms with van der Waals surface area (Å²) in [5.74, 6) is 0.276. The monoisotopic (exact) mass is 480 g/mol. The van der Waals surface area contributed by atoms with Gasteiger partial charge in [0.15, 0.2) is 5.82 Å². The van der Waals surface area contributed by atoms with Gasteiger partial charge in [-0.15, -0.1) is 10.2 Å². The molecule has 3 aromatic rings. The molecule has 1 amide bonds. The summed E-state index contributed by atoms with van der Waals surface area (Å²) < 4.78 is 22.0. The first-order chi connectivity index (χ1) is 17.0. The van der Waals surface area contributed by atoms with Crippen LogP contribution in [-0.4, -0.2) is 51.9 Å². The quantitative estimate of drug-likeness (QED) is 0.436. The van der Waals surface area contributed by atoms with Crippen LogP contribution in [0.3, 0.4) is 0 Å². The number of nitrogens with zero attached hydrogens (tertiary/aromatic N) is 5. The van der Waals surface area contributed by atoms with E-state index in [4.69, 9.17) is 4.74 Å². The van der Waals surface area contributed by atoms with E-state index in [1.807, 2.05) is 9.47 Å². The zero-order chi connectivity index (χ0) is 24.4. The van der Waals surface area contributed by atoms with Crippen molar-refractivity contribution < 1.29 is 18.8 Å². The van der Waals surface area contributed by atoms with Crippen molar-refractivity contribution in [1.29, 1.82) is 0 Å². The van der Waals surface area contributed by atoms with E-state index in [1.54, 1.807) is 12.1 Å². The molecule has 0 bridgehead atoms. The first-order valence-electron chi connectivity index (χ1n) is 11.7. The highest BCUT2D eigenvalue weighted by molar-refractivity contribution is 6.05. The molecule has 1 aromatic heterocycles. The predicted molar refractivity (Wildman–Crippen MR) is 127 cm³/mol. The molecule has 0 aliphatic carbocycles. The lowest BCUT2D eigenvalue weighted by Gasteiger charge is -2.28. The van der Waals surface area contributed by atoms with Crippen molar-refractivity contribution in [1.82, 2.24) is 14.8 Å². The first-order valence-corrected chi connectivity index (χ1v) is 11.7. The zero-order valence-electron chi connectivity index (χ0n) is 19.1. The number of benzene rings is 2. The van der Waals surface area contributed by atoms with Gasteiger partial charge in [0.25, 0.3) is 11.6 Å². The van der Waals surface area contributed by atoms with E-state index >= 15 is 0 Å². The third-order valence-electron chi connectivity index (χ3n) is 6.37. The number of carbonyl (C=O) groups is 1. The fourth-order valence-electron chi connectivity index (χ4n) is 4.54. The van der Waals surface area contributed by atoms with Crippen LogP contribution in [0.2, 0.25) is 0 Å². The Labute approximate surface area is 200 Å². The predicted octanol–water partition coefficient (Wildman–Crippen LogP) is 3.81. The highest BCUT2D eigenvalue weighted by Gasteiger charge is 2.24. The number of hydrogen-bond donors (Lipinski definition) is 1.